The van der Waals surface area contributed by atoms with Gasteiger partial charge in [-0.3, -0.25) is 0 Å². The Hall–Kier alpha value is -0.450. The summed E-state index contributed by atoms with van der Waals surface area (Å²) in [5, 5.41) is 4.80. The predicted octanol–water partition coefficient (Wildman–Crippen LogP) is 3.02. The van der Waals surface area contributed by atoms with E-state index in [0.29, 0.717) is 12.0 Å². The van der Waals surface area contributed by atoms with Gasteiger partial charge in [-0.25, -0.2) is 4.98 Å². The molecule has 1 N–H and O–H groups in total. The Kier molecular flexibility index (Phi) is 4.54. The summed E-state index contributed by atoms with van der Waals surface area (Å²) in [6.45, 7) is 9.35. The van der Waals surface area contributed by atoms with Crippen LogP contribution in [-0.2, 0) is 4.74 Å². The van der Waals surface area contributed by atoms with E-state index in [0.717, 1.165) is 26.2 Å². The van der Waals surface area contributed by atoms with Gasteiger partial charge in [0.15, 0.2) is 0 Å². The largest absolute Gasteiger partial charge is 0.381 e. The van der Waals surface area contributed by atoms with E-state index in [1.165, 1.54) is 22.0 Å². The third-order valence-corrected chi connectivity index (χ3v) is 4.72. The first-order chi connectivity index (χ1) is 8.22. The van der Waals surface area contributed by atoms with Crippen molar-refractivity contribution in [1.82, 2.24) is 10.3 Å². The molecule has 0 aliphatic carbocycles. The van der Waals surface area contributed by atoms with Gasteiger partial charge in [-0.05, 0) is 33.2 Å². The average molecular weight is 254 g/mol. The van der Waals surface area contributed by atoms with Gasteiger partial charge >= 0.3 is 0 Å². The van der Waals surface area contributed by atoms with Gasteiger partial charge in [-0.1, -0.05) is 6.92 Å². The maximum atomic E-state index is 5.44. The molecule has 2 rings (SSSR count). The average Bonchev–Trinajstić information content (AvgIpc) is 2.94. The summed E-state index contributed by atoms with van der Waals surface area (Å²) in [7, 11) is 0. The lowest BCUT2D eigenvalue weighted by atomic mass is 10.1. The summed E-state index contributed by atoms with van der Waals surface area (Å²) in [5.74, 6) is 0.533. The maximum absolute atomic E-state index is 5.44. The van der Waals surface area contributed by atoms with Crippen molar-refractivity contribution in [2.75, 3.05) is 19.8 Å². The SMILES string of the molecule is CCCNC(C)c1sc(C2CCOC2)nc1C. The van der Waals surface area contributed by atoms with Gasteiger partial charge < -0.3 is 10.1 Å². The van der Waals surface area contributed by atoms with Gasteiger partial charge in [0.1, 0.15) is 0 Å². The first-order valence-corrected chi connectivity index (χ1v) is 7.32. The van der Waals surface area contributed by atoms with Crippen LogP contribution in [0.1, 0.15) is 54.2 Å². The molecule has 1 aromatic rings. The molecule has 1 fully saturated rings. The monoisotopic (exact) mass is 254 g/mol. The van der Waals surface area contributed by atoms with Gasteiger partial charge in [0.25, 0.3) is 0 Å². The minimum absolute atomic E-state index is 0.420. The van der Waals surface area contributed by atoms with Gasteiger partial charge in [0.05, 0.1) is 17.3 Å². The first kappa shape index (κ1) is 13.0. The third-order valence-electron chi connectivity index (χ3n) is 3.22. The summed E-state index contributed by atoms with van der Waals surface area (Å²) >= 11 is 1.86. The van der Waals surface area contributed by atoms with Gasteiger partial charge in [0.2, 0.25) is 0 Å². The summed E-state index contributed by atoms with van der Waals surface area (Å²) < 4.78 is 5.44. The van der Waals surface area contributed by atoms with Crippen LogP contribution in [0.15, 0.2) is 0 Å². The van der Waals surface area contributed by atoms with Crippen LogP contribution in [-0.4, -0.2) is 24.7 Å². The molecule has 0 radical (unpaired) electrons. The molecule has 0 spiro atoms. The Morgan fingerprint density at radius 1 is 1.59 bits per heavy atom. The normalized spacial score (nSPS) is 21.9. The highest BCUT2D eigenvalue weighted by Crippen LogP contribution is 2.33. The molecule has 17 heavy (non-hydrogen) atoms. The molecular formula is C13H22N2OS. The molecule has 1 aromatic heterocycles. The molecule has 2 atom stereocenters. The highest BCUT2D eigenvalue weighted by Gasteiger charge is 2.23. The van der Waals surface area contributed by atoms with Crippen molar-refractivity contribution < 1.29 is 4.74 Å². The van der Waals surface area contributed by atoms with Crippen molar-refractivity contribution >= 4 is 11.3 Å². The second-order valence-electron chi connectivity index (χ2n) is 4.74. The maximum Gasteiger partial charge on any atom is 0.0986 e. The van der Waals surface area contributed by atoms with Crippen molar-refractivity contribution in [3.8, 4) is 0 Å². The van der Waals surface area contributed by atoms with Crippen LogP contribution in [0.25, 0.3) is 0 Å². The molecular weight excluding hydrogens is 232 g/mol. The van der Waals surface area contributed by atoms with Crippen molar-refractivity contribution in [3.05, 3.63) is 15.6 Å². The molecule has 96 valence electrons. The molecule has 1 aliphatic rings. The second kappa shape index (κ2) is 5.94. The van der Waals surface area contributed by atoms with E-state index >= 15 is 0 Å². The highest BCUT2D eigenvalue weighted by atomic mass is 32.1. The van der Waals surface area contributed by atoms with Crippen LogP contribution in [0.5, 0.6) is 0 Å². The number of aromatic nitrogens is 1. The molecule has 4 heteroatoms. The third kappa shape index (κ3) is 3.06. The van der Waals surface area contributed by atoms with Crippen molar-refractivity contribution in [2.45, 2.75) is 45.6 Å². The summed E-state index contributed by atoms with van der Waals surface area (Å²) in [6, 6.07) is 0.420. The summed E-state index contributed by atoms with van der Waals surface area (Å²) in [6.07, 6.45) is 2.30. The zero-order valence-electron chi connectivity index (χ0n) is 11.0. The number of rotatable bonds is 5. The molecule has 0 bridgehead atoms. The van der Waals surface area contributed by atoms with Crippen LogP contribution in [0.4, 0.5) is 0 Å². The fraction of sp³-hybridized carbons (Fsp3) is 0.769. The Balaban J connectivity index is 2.06. The number of ether oxygens (including phenoxy) is 1. The lowest BCUT2D eigenvalue weighted by Gasteiger charge is -2.11. The van der Waals surface area contributed by atoms with Crippen LogP contribution >= 0.6 is 11.3 Å². The predicted molar refractivity (Wildman–Crippen MR) is 71.7 cm³/mol. The van der Waals surface area contributed by atoms with Gasteiger partial charge in [0, 0.05) is 23.4 Å². The molecule has 1 saturated heterocycles. The number of hydrogen-bond acceptors (Lipinski definition) is 4. The zero-order valence-corrected chi connectivity index (χ0v) is 11.8. The van der Waals surface area contributed by atoms with Crippen LogP contribution in [0.2, 0.25) is 0 Å². The smallest absolute Gasteiger partial charge is 0.0986 e. The number of nitrogens with one attached hydrogen (secondary N) is 1. The minimum atomic E-state index is 0.420. The first-order valence-electron chi connectivity index (χ1n) is 6.50. The van der Waals surface area contributed by atoms with E-state index in [-0.39, 0.29) is 0 Å². The lowest BCUT2D eigenvalue weighted by molar-refractivity contribution is 0.194. The molecule has 3 nitrogen and oxygen atoms in total. The van der Waals surface area contributed by atoms with Gasteiger partial charge in [-0.15, -0.1) is 11.3 Å². The van der Waals surface area contributed by atoms with E-state index in [1.54, 1.807) is 0 Å². The van der Waals surface area contributed by atoms with E-state index in [4.69, 9.17) is 9.72 Å². The topological polar surface area (TPSA) is 34.1 Å². The molecule has 1 aliphatic heterocycles. The Morgan fingerprint density at radius 2 is 2.41 bits per heavy atom. The summed E-state index contributed by atoms with van der Waals surface area (Å²) in [5.41, 5.74) is 1.19. The minimum Gasteiger partial charge on any atom is -0.381 e. The van der Waals surface area contributed by atoms with Crippen molar-refractivity contribution in [2.24, 2.45) is 0 Å². The highest BCUT2D eigenvalue weighted by molar-refractivity contribution is 7.11. The molecule has 0 amide bonds. The van der Waals surface area contributed by atoms with E-state index in [9.17, 15) is 0 Å². The summed E-state index contributed by atoms with van der Waals surface area (Å²) in [4.78, 5) is 6.11. The quantitative estimate of drug-likeness (QED) is 0.877. The van der Waals surface area contributed by atoms with Crippen LogP contribution in [0, 0.1) is 6.92 Å². The van der Waals surface area contributed by atoms with E-state index in [1.807, 2.05) is 11.3 Å². The standard InChI is InChI=1S/C13H22N2OS/c1-4-6-14-9(2)12-10(3)15-13(17-12)11-5-7-16-8-11/h9,11,14H,4-8H2,1-3H3. The second-order valence-corrected chi connectivity index (χ2v) is 5.80. The fourth-order valence-electron chi connectivity index (χ4n) is 2.19. The fourth-order valence-corrected chi connectivity index (χ4v) is 3.40. The van der Waals surface area contributed by atoms with Crippen molar-refractivity contribution in [3.63, 3.8) is 0 Å². The van der Waals surface area contributed by atoms with Crippen LogP contribution in [0.3, 0.4) is 0 Å². The molecule has 2 heterocycles. The van der Waals surface area contributed by atoms with Gasteiger partial charge in [-0.2, -0.15) is 0 Å². The molecule has 2 unspecified atom stereocenters. The molecule has 0 saturated carbocycles. The number of hydrogen-bond donors (Lipinski definition) is 1. The van der Waals surface area contributed by atoms with E-state index < -0.39 is 0 Å². The molecule has 0 aromatic carbocycles. The number of thiazole rings is 1. The lowest BCUT2D eigenvalue weighted by Crippen LogP contribution is -2.18. The van der Waals surface area contributed by atoms with E-state index in [2.05, 4.69) is 26.1 Å². The Morgan fingerprint density at radius 3 is 3.06 bits per heavy atom. The Bertz CT molecular complexity index is 358. The zero-order chi connectivity index (χ0) is 12.3. The number of aryl methyl sites for hydroxylation is 1. The number of nitrogens with zero attached hydrogens (tertiary/aromatic N) is 1. The van der Waals surface area contributed by atoms with Crippen LogP contribution < -0.4 is 5.32 Å². The van der Waals surface area contributed by atoms with Crippen molar-refractivity contribution in [1.29, 1.82) is 0 Å². The Labute approximate surface area is 108 Å².